The van der Waals surface area contributed by atoms with Gasteiger partial charge in [-0.2, -0.15) is 13.2 Å². The lowest BCUT2D eigenvalue weighted by molar-refractivity contribution is -0.137. The van der Waals surface area contributed by atoms with Gasteiger partial charge < -0.3 is 4.57 Å². The third-order valence-electron chi connectivity index (χ3n) is 3.95. The Bertz CT molecular complexity index is 1110. The molecule has 3 aromatic rings. The lowest BCUT2D eigenvalue weighted by Crippen LogP contribution is -2.08. The van der Waals surface area contributed by atoms with Crippen molar-refractivity contribution in [3.05, 3.63) is 40.5 Å². The topological polar surface area (TPSA) is 64.8 Å². The number of rotatable bonds is 3. The predicted octanol–water partition coefficient (Wildman–Crippen LogP) is 4.21. The van der Waals surface area contributed by atoms with Gasteiger partial charge in [-0.1, -0.05) is 6.92 Å². The molecule has 0 fully saturated rings. The number of benzene rings is 1. The van der Waals surface area contributed by atoms with E-state index in [0.29, 0.717) is 5.52 Å². The molecule has 26 heavy (non-hydrogen) atoms. The number of aromatic nitrogens is 3. The van der Waals surface area contributed by atoms with Crippen molar-refractivity contribution in [3.63, 3.8) is 0 Å². The molecule has 0 spiro atoms. The quantitative estimate of drug-likeness (QED) is 0.603. The predicted molar refractivity (Wildman–Crippen MR) is 94.4 cm³/mol. The van der Waals surface area contributed by atoms with Gasteiger partial charge in [-0.05, 0) is 40.2 Å². The van der Waals surface area contributed by atoms with Crippen LogP contribution in [0.5, 0.6) is 0 Å². The van der Waals surface area contributed by atoms with E-state index in [2.05, 4.69) is 25.9 Å². The Labute approximate surface area is 155 Å². The van der Waals surface area contributed by atoms with E-state index in [9.17, 15) is 21.6 Å². The van der Waals surface area contributed by atoms with E-state index in [1.807, 2.05) is 0 Å². The molecular formula is C16H13BrF3N3O2S. The highest BCUT2D eigenvalue weighted by Gasteiger charge is 2.32. The van der Waals surface area contributed by atoms with E-state index >= 15 is 0 Å². The van der Waals surface area contributed by atoms with Crippen LogP contribution in [0.3, 0.4) is 0 Å². The minimum Gasteiger partial charge on any atom is -0.325 e. The average molecular weight is 448 g/mol. The molecule has 0 saturated carbocycles. The van der Waals surface area contributed by atoms with Crippen molar-refractivity contribution in [2.75, 3.05) is 5.75 Å². The minimum absolute atomic E-state index is 0.00641. The van der Waals surface area contributed by atoms with Crippen LogP contribution >= 0.6 is 15.9 Å². The van der Waals surface area contributed by atoms with Crippen molar-refractivity contribution in [1.82, 2.24) is 14.5 Å². The zero-order valence-corrected chi connectivity index (χ0v) is 16.1. The fourth-order valence-electron chi connectivity index (χ4n) is 2.64. The highest BCUT2D eigenvalue weighted by atomic mass is 79.9. The Morgan fingerprint density at radius 1 is 1.27 bits per heavy atom. The van der Waals surface area contributed by atoms with Gasteiger partial charge in [0.1, 0.15) is 5.69 Å². The highest BCUT2D eigenvalue weighted by Crippen LogP contribution is 2.37. The van der Waals surface area contributed by atoms with Crippen LogP contribution in [0.25, 0.3) is 22.6 Å². The Hall–Kier alpha value is -1.94. The van der Waals surface area contributed by atoms with Gasteiger partial charge in [0.15, 0.2) is 15.7 Å². The average Bonchev–Trinajstić information content (AvgIpc) is 2.91. The number of imidazole rings is 1. The zero-order chi connectivity index (χ0) is 19.3. The Morgan fingerprint density at radius 2 is 1.96 bits per heavy atom. The van der Waals surface area contributed by atoms with Crippen LogP contribution in [-0.4, -0.2) is 28.7 Å². The molecule has 0 aliphatic rings. The smallest absolute Gasteiger partial charge is 0.325 e. The molecule has 2 heterocycles. The number of halogens is 4. The van der Waals surface area contributed by atoms with Crippen LogP contribution in [0.2, 0.25) is 0 Å². The van der Waals surface area contributed by atoms with Crippen LogP contribution in [0.4, 0.5) is 13.2 Å². The summed E-state index contributed by atoms with van der Waals surface area (Å²) in [6.07, 6.45) is -3.10. The molecule has 1 aromatic carbocycles. The molecule has 0 atom stereocenters. The fourth-order valence-corrected chi connectivity index (χ4v) is 4.39. The van der Waals surface area contributed by atoms with Crippen molar-refractivity contribution in [3.8, 4) is 11.5 Å². The van der Waals surface area contributed by atoms with E-state index in [1.54, 1.807) is 7.05 Å². The van der Waals surface area contributed by atoms with E-state index in [4.69, 9.17) is 0 Å². The number of fused-ring (bicyclic) bond motifs is 1. The van der Waals surface area contributed by atoms with Gasteiger partial charge in [-0.25, -0.2) is 13.4 Å². The summed E-state index contributed by atoms with van der Waals surface area (Å²) in [5.41, 5.74) is -0.231. The maximum Gasteiger partial charge on any atom is 0.416 e. The number of hydrogen-bond acceptors (Lipinski definition) is 4. The molecule has 0 bridgehead atoms. The first kappa shape index (κ1) is 18.8. The van der Waals surface area contributed by atoms with Crippen LogP contribution < -0.4 is 0 Å². The molecule has 10 heteroatoms. The summed E-state index contributed by atoms with van der Waals surface area (Å²) < 4.78 is 65.5. The second kappa shape index (κ2) is 6.34. The van der Waals surface area contributed by atoms with Gasteiger partial charge in [0.05, 0.1) is 27.2 Å². The maximum absolute atomic E-state index is 13.0. The number of hydrogen-bond donors (Lipinski definition) is 0. The highest BCUT2D eigenvalue weighted by molar-refractivity contribution is 9.10. The second-order valence-corrected chi connectivity index (χ2v) is 8.67. The van der Waals surface area contributed by atoms with Crippen molar-refractivity contribution in [1.29, 1.82) is 0 Å². The molecule has 0 aliphatic heterocycles. The van der Waals surface area contributed by atoms with Gasteiger partial charge in [0.25, 0.3) is 0 Å². The number of sulfone groups is 1. The van der Waals surface area contributed by atoms with Gasteiger partial charge in [0, 0.05) is 17.7 Å². The second-order valence-electron chi connectivity index (χ2n) is 5.57. The zero-order valence-electron chi connectivity index (χ0n) is 13.7. The molecule has 0 unspecified atom stereocenters. The third-order valence-corrected chi connectivity index (χ3v) is 6.31. The number of alkyl halides is 3. The Morgan fingerprint density at radius 3 is 2.58 bits per heavy atom. The molecular weight excluding hydrogens is 435 g/mol. The lowest BCUT2D eigenvalue weighted by atomic mass is 10.2. The number of aryl methyl sites for hydroxylation is 1. The number of nitrogens with zero attached hydrogens (tertiary/aromatic N) is 3. The standard InChI is InChI=1S/C16H13BrF3N3O2S/c1-3-26(24,25)12-5-4-6-21-13(12)15-22-11-8-9(16(18,19)20)7-10(17)14(11)23(15)2/h4-8H,3H2,1-2H3. The molecule has 0 radical (unpaired) electrons. The monoisotopic (exact) mass is 447 g/mol. The molecule has 0 amide bonds. The molecule has 138 valence electrons. The molecule has 3 rings (SSSR count). The van der Waals surface area contributed by atoms with Crippen molar-refractivity contribution in [2.45, 2.75) is 18.0 Å². The van der Waals surface area contributed by atoms with E-state index in [0.717, 1.165) is 12.1 Å². The van der Waals surface area contributed by atoms with E-state index < -0.39 is 21.6 Å². The van der Waals surface area contributed by atoms with Gasteiger partial charge >= 0.3 is 6.18 Å². The Kier molecular flexibility index (Phi) is 4.60. The van der Waals surface area contributed by atoms with E-state index in [1.165, 1.54) is 29.8 Å². The van der Waals surface area contributed by atoms with Crippen molar-refractivity contribution >= 4 is 36.8 Å². The summed E-state index contributed by atoms with van der Waals surface area (Å²) in [4.78, 5) is 8.35. The van der Waals surface area contributed by atoms with Crippen LogP contribution in [0, 0.1) is 0 Å². The number of pyridine rings is 1. The van der Waals surface area contributed by atoms with Gasteiger partial charge in [-0.15, -0.1) is 0 Å². The van der Waals surface area contributed by atoms with Gasteiger partial charge in [0.2, 0.25) is 0 Å². The summed E-state index contributed by atoms with van der Waals surface area (Å²) in [6, 6.07) is 4.81. The maximum atomic E-state index is 13.0. The van der Waals surface area contributed by atoms with Crippen molar-refractivity contribution < 1.29 is 21.6 Å². The summed E-state index contributed by atoms with van der Waals surface area (Å²) >= 11 is 3.15. The summed E-state index contributed by atoms with van der Waals surface area (Å²) in [7, 11) is -1.98. The molecule has 0 aliphatic carbocycles. The fraction of sp³-hybridized carbons (Fsp3) is 0.250. The first-order valence-corrected chi connectivity index (χ1v) is 9.92. The van der Waals surface area contributed by atoms with Crippen LogP contribution in [0.15, 0.2) is 39.8 Å². The summed E-state index contributed by atoms with van der Waals surface area (Å²) in [6.45, 7) is 1.51. The largest absolute Gasteiger partial charge is 0.416 e. The third kappa shape index (κ3) is 3.11. The first-order valence-electron chi connectivity index (χ1n) is 7.47. The Balaban J connectivity index is 2.33. The SMILES string of the molecule is CCS(=O)(=O)c1cccnc1-c1nc2cc(C(F)(F)F)cc(Br)c2n1C. The first-order chi connectivity index (χ1) is 12.1. The molecule has 2 aromatic heterocycles. The lowest BCUT2D eigenvalue weighted by Gasteiger charge is -2.09. The molecule has 0 saturated heterocycles. The minimum atomic E-state index is -4.52. The summed E-state index contributed by atoms with van der Waals surface area (Å²) in [5, 5.41) is 0. The van der Waals surface area contributed by atoms with Gasteiger partial charge in [-0.3, -0.25) is 4.98 Å². The van der Waals surface area contributed by atoms with Crippen molar-refractivity contribution in [2.24, 2.45) is 7.05 Å². The molecule has 5 nitrogen and oxygen atoms in total. The normalized spacial score (nSPS) is 12.7. The van der Waals surface area contributed by atoms with E-state index in [-0.39, 0.29) is 32.2 Å². The molecule has 0 N–H and O–H groups in total. The van der Waals surface area contributed by atoms with Crippen LogP contribution in [0.1, 0.15) is 12.5 Å². The van der Waals surface area contributed by atoms with Crippen LogP contribution in [-0.2, 0) is 23.1 Å². The summed E-state index contributed by atoms with van der Waals surface area (Å²) in [5.74, 6) is 0.0463.